The highest BCUT2D eigenvalue weighted by Crippen LogP contribution is 2.24. The van der Waals surface area contributed by atoms with Crippen LogP contribution in [-0.2, 0) is 0 Å². The molecule has 1 N–H and O–H groups in total. The highest BCUT2D eigenvalue weighted by Gasteiger charge is 2.32. The highest BCUT2D eigenvalue weighted by molar-refractivity contribution is 5.85. The molecule has 1 aliphatic heterocycles. The monoisotopic (exact) mass is 145 g/mol. The second-order valence-electron chi connectivity index (χ2n) is 2.38. The van der Waals surface area contributed by atoms with Gasteiger partial charge in [0.2, 0.25) is 0 Å². The van der Waals surface area contributed by atoms with Crippen molar-refractivity contribution in [3.63, 3.8) is 0 Å². The summed E-state index contributed by atoms with van der Waals surface area (Å²) in [4.78, 5) is 0. The van der Waals surface area contributed by atoms with Gasteiger partial charge in [-0.15, -0.1) is 18.8 Å². The second kappa shape index (κ2) is 3.10. The lowest BCUT2D eigenvalue weighted by Gasteiger charge is -2.37. The predicted molar refractivity (Wildman–Crippen MR) is 41.7 cm³/mol. The molecule has 0 atom stereocenters. The van der Waals surface area contributed by atoms with E-state index in [0.717, 1.165) is 19.5 Å². The summed E-state index contributed by atoms with van der Waals surface area (Å²) in [5.74, 6) is 2.80. The van der Waals surface area contributed by atoms with Gasteiger partial charge in [-0.3, -0.25) is 0 Å². The normalized spacial score (nSPS) is 20.9. The van der Waals surface area contributed by atoms with E-state index in [1.165, 1.54) is 0 Å². The van der Waals surface area contributed by atoms with Gasteiger partial charge in [-0.25, -0.2) is 0 Å². The molecule has 0 aromatic heterocycles. The predicted octanol–water partition coefficient (Wildman–Crippen LogP) is 1.04. The molecule has 1 aliphatic rings. The lowest BCUT2D eigenvalue weighted by molar-refractivity contribution is 0.245. The Morgan fingerprint density at radius 1 is 1.67 bits per heavy atom. The quantitative estimate of drug-likeness (QED) is 0.544. The maximum absolute atomic E-state index is 5.29. The first-order valence-electron chi connectivity index (χ1n) is 3.01. The van der Waals surface area contributed by atoms with E-state index in [2.05, 4.69) is 18.2 Å². The Balaban J connectivity index is 0.000000640. The summed E-state index contributed by atoms with van der Waals surface area (Å²) < 4.78 is 0. The van der Waals surface area contributed by atoms with Crippen molar-refractivity contribution in [2.75, 3.05) is 13.1 Å². The second-order valence-corrected chi connectivity index (χ2v) is 2.38. The first-order chi connectivity index (χ1) is 3.83. The van der Waals surface area contributed by atoms with Gasteiger partial charge in [0, 0.05) is 13.1 Å². The van der Waals surface area contributed by atoms with E-state index in [4.69, 9.17) is 6.42 Å². The molecule has 1 heterocycles. The third-order valence-corrected chi connectivity index (χ3v) is 1.91. The summed E-state index contributed by atoms with van der Waals surface area (Å²) >= 11 is 0. The maximum atomic E-state index is 5.29. The van der Waals surface area contributed by atoms with Crippen LogP contribution in [0.25, 0.3) is 0 Å². The molecule has 1 saturated heterocycles. The zero-order valence-corrected chi connectivity index (χ0v) is 6.42. The van der Waals surface area contributed by atoms with Crippen LogP contribution in [0.5, 0.6) is 0 Å². The van der Waals surface area contributed by atoms with E-state index >= 15 is 0 Å². The Morgan fingerprint density at radius 3 is 2.22 bits per heavy atom. The van der Waals surface area contributed by atoms with Crippen LogP contribution < -0.4 is 5.32 Å². The average Bonchev–Trinajstić information content (AvgIpc) is 1.67. The molecule has 9 heavy (non-hydrogen) atoms. The summed E-state index contributed by atoms with van der Waals surface area (Å²) in [5.41, 5.74) is 0.222. The van der Waals surface area contributed by atoms with Crippen molar-refractivity contribution < 1.29 is 0 Å². The number of hydrogen-bond donors (Lipinski definition) is 1. The molecule has 52 valence electrons. The minimum atomic E-state index is 0. The summed E-state index contributed by atoms with van der Waals surface area (Å²) in [6, 6.07) is 0. The van der Waals surface area contributed by atoms with Gasteiger partial charge in [0.15, 0.2) is 0 Å². The minimum absolute atomic E-state index is 0. The van der Waals surface area contributed by atoms with Gasteiger partial charge in [-0.2, -0.15) is 0 Å². The van der Waals surface area contributed by atoms with Crippen LogP contribution in [0.2, 0.25) is 0 Å². The number of terminal acetylenes is 1. The van der Waals surface area contributed by atoms with Crippen LogP contribution in [0.15, 0.2) is 0 Å². The summed E-state index contributed by atoms with van der Waals surface area (Å²) in [6.45, 7) is 4.17. The Hall–Kier alpha value is -0.190. The number of rotatable bonds is 1. The van der Waals surface area contributed by atoms with Gasteiger partial charge < -0.3 is 5.32 Å². The smallest absolute Gasteiger partial charge is 0.0557 e. The van der Waals surface area contributed by atoms with Crippen molar-refractivity contribution in [3.05, 3.63) is 0 Å². The van der Waals surface area contributed by atoms with E-state index in [1.54, 1.807) is 0 Å². The Kier molecular flexibility index (Phi) is 3.03. The van der Waals surface area contributed by atoms with Crippen molar-refractivity contribution in [1.29, 1.82) is 0 Å². The van der Waals surface area contributed by atoms with Crippen molar-refractivity contribution in [3.8, 4) is 12.3 Å². The molecule has 2 heteroatoms. The summed E-state index contributed by atoms with van der Waals surface area (Å²) in [5, 5.41) is 3.16. The largest absolute Gasteiger partial charge is 0.314 e. The first-order valence-corrected chi connectivity index (χ1v) is 3.01. The van der Waals surface area contributed by atoms with Gasteiger partial charge in [-0.05, 0) is 6.42 Å². The van der Waals surface area contributed by atoms with Crippen LogP contribution in [0, 0.1) is 17.8 Å². The third-order valence-electron chi connectivity index (χ3n) is 1.91. The molecule has 0 aromatic carbocycles. The fraction of sp³-hybridized carbons (Fsp3) is 0.714. The zero-order chi connectivity index (χ0) is 6.04. The molecule has 1 rings (SSSR count). The van der Waals surface area contributed by atoms with Gasteiger partial charge in [-0.1, -0.05) is 12.8 Å². The molecule has 0 saturated carbocycles. The molecule has 1 fully saturated rings. The topological polar surface area (TPSA) is 12.0 Å². The van der Waals surface area contributed by atoms with Crippen molar-refractivity contribution in [2.24, 2.45) is 5.41 Å². The van der Waals surface area contributed by atoms with E-state index in [-0.39, 0.29) is 17.8 Å². The number of hydrogen-bond acceptors (Lipinski definition) is 1. The van der Waals surface area contributed by atoms with Crippen LogP contribution >= 0.6 is 12.4 Å². The molecule has 0 bridgehead atoms. The Bertz CT molecular complexity index is 116. The van der Waals surface area contributed by atoms with Gasteiger partial charge in [0.1, 0.15) is 0 Å². The summed E-state index contributed by atoms with van der Waals surface area (Å²) in [7, 11) is 0. The molecule has 1 nitrogen and oxygen atoms in total. The third kappa shape index (κ3) is 1.38. The van der Waals surface area contributed by atoms with E-state index < -0.39 is 0 Å². The van der Waals surface area contributed by atoms with Crippen LogP contribution in [0.4, 0.5) is 0 Å². The average molecular weight is 146 g/mol. The molecule has 0 aliphatic carbocycles. The lowest BCUT2D eigenvalue weighted by atomic mass is 9.80. The van der Waals surface area contributed by atoms with E-state index in [0.29, 0.717) is 0 Å². The fourth-order valence-corrected chi connectivity index (χ4v) is 0.881. The molecule has 0 unspecified atom stereocenters. The van der Waals surface area contributed by atoms with E-state index in [9.17, 15) is 0 Å². The molecular formula is C7H12ClN. The Morgan fingerprint density at radius 2 is 2.22 bits per heavy atom. The van der Waals surface area contributed by atoms with E-state index in [1.807, 2.05) is 0 Å². The highest BCUT2D eigenvalue weighted by atomic mass is 35.5. The van der Waals surface area contributed by atoms with Gasteiger partial charge in [0.05, 0.1) is 5.41 Å². The molecular weight excluding hydrogens is 134 g/mol. The zero-order valence-electron chi connectivity index (χ0n) is 5.61. The maximum Gasteiger partial charge on any atom is 0.0557 e. The fourth-order valence-electron chi connectivity index (χ4n) is 0.881. The first kappa shape index (κ1) is 8.81. The number of nitrogens with one attached hydrogen (secondary N) is 1. The minimum Gasteiger partial charge on any atom is -0.314 e. The molecule has 0 spiro atoms. The van der Waals surface area contributed by atoms with Gasteiger partial charge >= 0.3 is 0 Å². The van der Waals surface area contributed by atoms with Gasteiger partial charge in [0.25, 0.3) is 0 Å². The van der Waals surface area contributed by atoms with Crippen LogP contribution in [0.1, 0.15) is 13.3 Å². The molecule has 0 aromatic rings. The van der Waals surface area contributed by atoms with Crippen LogP contribution in [-0.4, -0.2) is 13.1 Å². The van der Waals surface area contributed by atoms with Crippen molar-refractivity contribution >= 4 is 12.4 Å². The SMILES string of the molecule is C#CC1(CC)CNC1.Cl. The standard InChI is InChI=1S/C7H11N.ClH/c1-3-7(4-2)5-8-6-7;/h1,8H,4-6H2,2H3;1H. The summed E-state index contributed by atoms with van der Waals surface area (Å²) in [6.07, 6.45) is 6.40. The van der Waals surface area contributed by atoms with Crippen molar-refractivity contribution in [2.45, 2.75) is 13.3 Å². The molecule has 0 radical (unpaired) electrons. The number of halogens is 1. The lowest BCUT2D eigenvalue weighted by Crippen LogP contribution is -2.51. The molecule has 0 amide bonds. The van der Waals surface area contributed by atoms with Crippen LogP contribution in [0.3, 0.4) is 0 Å². The Labute approximate surface area is 62.6 Å². The van der Waals surface area contributed by atoms with Crippen molar-refractivity contribution in [1.82, 2.24) is 5.32 Å².